The second-order valence-corrected chi connectivity index (χ2v) is 3.97. The van der Waals surface area contributed by atoms with Gasteiger partial charge in [0.2, 0.25) is 0 Å². The van der Waals surface area contributed by atoms with Crippen molar-refractivity contribution < 1.29 is 4.79 Å². The van der Waals surface area contributed by atoms with Crippen molar-refractivity contribution in [2.24, 2.45) is 5.41 Å². The Morgan fingerprint density at radius 2 is 1.89 bits per heavy atom. The fourth-order valence-corrected chi connectivity index (χ4v) is 0.837. The van der Waals surface area contributed by atoms with Gasteiger partial charge < -0.3 is 0 Å². The van der Waals surface area contributed by atoms with Gasteiger partial charge in [-0.25, -0.2) is 0 Å². The van der Waals surface area contributed by atoms with Gasteiger partial charge in [-0.2, -0.15) is 0 Å². The molecule has 0 aliphatic heterocycles. The monoisotopic (exact) mass is 192 g/mol. The van der Waals surface area contributed by atoms with Gasteiger partial charge in [0.25, 0.3) is 0 Å². The third kappa shape index (κ3) is 6.03. The Morgan fingerprint density at radius 3 is 2.00 bits per heavy atom. The first kappa shape index (κ1) is 9.15. The minimum atomic E-state index is 0.144. The van der Waals surface area contributed by atoms with Crippen LogP contribution in [0, 0.1) is 5.41 Å². The van der Waals surface area contributed by atoms with E-state index in [1.165, 1.54) is 0 Å². The summed E-state index contributed by atoms with van der Waals surface area (Å²) in [5.41, 5.74) is 0.144. The lowest BCUT2D eigenvalue weighted by Gasteiger charge is -2.15. The van der Waals surface area contributed by atoms with Crippen molar-refractivity contribution >= 4 is 21.7 Å². The zero-order valence-corrected chi connectivity index (χ0v) is 7.79. The van der Waals surface area contributed by atoms with Crippen molar-refractivity contribution in [2.45, 2.75) is 27.2 Å². The fourth-order valence-electron chi connectivity index (χ4n) is 0.639. The zero-order valence-electron chi connectivity index (χ0n) is 6.20. The van der Waals surface area contributed by atoms with Crippen molar-refractivity contribution in [1.82, 2.24) is 0 Å². The number of carbonyl (C=O) groups is 1. The van der Waals surface area contributed by atoms with Gasteiger partial charge in [0.15, 0.2) is 0 Å². The first-order valence-corrected chi connectivity index (χ1v) is 4.15. The van der Waals surface area contributed by atoms with Gasteiger partial charge in [-0.3, -0.25) is 4.79 Å². The van der Waals surface area contributed by atoms with E-state index in [0.717, 1.165) is 0 Å². The number of rotatable bonds is 2. The van der Waals surface area contributed by atoms with Crippen molar-refractivity contribution in [3.8, 4) is 0 Å². The molecular formula is C7H13BrO. The predicted molar refractivity (Wildman–Crippen MR) is 42.9 cm³/mol. The molecular weight excluding hydrogens is 180 g/mol. The number of alkyl halides is 1. The van der Waals surface area contributed by atoms with E-state index in [-0.39, 0.29) is 11.2 Å². The Bertz CT molecular complexity index is 102. The summed E-state index contributed by atoms with van der Waals surface area (Å²) in [4.78, 5) is 10.8. The topological polar surface area (TPSA) is 17.1 Å². The number of ketones is 1. The van der Waals surface area contributed by atoms with Gasteiger partial charge in [-0.05, 0) is 5.41 Å². The van der Waals surface area contributed by atoms with Crippen LogP contribution in [0.4, 0.5) is 0 Å². The largest absolute Gasteiger partial charge is 0.299 e. The molecule has 0 saturated carbocycles. The zero-order chi connectivity index (χ0) is 7.49. The van der Waals surface area contributed by atoms with Crippen LogP contribution in [0.2, 0.25) is 0 Å². The Morgan fingerprint density at radius 1 is 1.44 bits per heavy atom. The highest BCUT2D eigenvalue weighted by atomic mass is 79.9. The first-order chi connectivity index (χ1) is 3.95. The molecule has 1 nitrogen and oxygen atoms in total. The average Bonchev–Trinajstić information content (AvgIpc) is 1.62. The molecule has 0 saturated heterocycles. The highest BCUT2D eigenvalue weighted by molar-refractivity contribution is 9.09. The quantitative estimate of drug-likeness (QED) is 0.615. The van der Waals surface area contributed by atoms with E-state index in [2.05, 4.69) is 36.7 Å². The number of hydrogen-bond donors (Lipinski definition) is 0. The van der Waals surface area contributed by atoms with Crippen LogP contribution in [0.15, 0.2) is 0 Å². The van der Waals surface area contributed by atoms with Crippen LogP contribution in [0.25, 0.3) is 0 Å². The number of halogens is 1. The molecule has 0 aromatic carbocycles. The number of carbonyl (C=O) groups excluding carboxylic acids is 1. The molecule has 2 heteroatoms. The van der Waals surface area contributed by atoms with Crippen LogP contribution in [0.5, 0.6) is 0 Å². The molecule has 0 aromatic heterocycles. The molecule has 0 rings (SSSR count). The molecule has 0 atom stereocenters. The van der Waals surface area contributed by atoms with Crippen LogP contribution in [0.1, 0.15) is 27.2 Å². The van der Waals surface area contributed by atoms with Crippen LogP contribution >= 0.6 is 15.9 Å². The minimum Gasteiger partial charge on any atom is -0.299 e. The van der Waals surface area contributed by atoms with Crippen molar-refractivity contribution in [1.29, 1.82) is 0 Å². The molecule has 0 aliphatic carbocycles. The molecule has 0 amide bonds. The molecule has 0 heterocycles. The maximum atomic E-state index is 10.8. The third-order valence-electron chi connectivity index (χ3n) is 0.877. The minimum absolute atomic E-state index is 0.144. The molecule has 0 unspecified atom stereocenters. The molecule has 0 fully saturated rings. The maximum absolute atomic E-state index is 10.8. The van der Waals surface area contributed by atoms with Gasteiger partial charge in [-0.15, -0.1) is 0 Å². The summed E-state index contributed by atoms with van der Waals surface area (Å²) >= 11 is 3.12. The summed E-state index contributed by atoms with van der Waals surface area (Å²) in [6.07, 6.45) is 0.665. The summed E-state index contributed by atoms with van der Waals surface area (Å²) in [7, 11) is 0. The van der Waals surface area contributed by atoms with Gasteiger partial charge in [0, 0.05) is 6.42 Å². The molecule has 0 aliphatic rings. The molecule has 0 aromatic rings. The van der Waals surface area contributed by atoms with E-state index in [4.69, 9.17) is 0 Å². The lowest BCUT2D eigenvalue weighted by atomic mass is 9.90. The Kier molecular flexibility index (Phi) is 3.41. The van der Waals surface area contributed by atoms with Gasteiger partial charge in [0.05, 0.1) is 5.33 Å². The van der Waals surface area contributed by atoms with Crippen molar-refractivity contribution in [2.75, 3.05) is 5.33 Å². The van der Waals surface area contributed by atoms with E-state index in [9.17, 15) is 4.79 Å². The summed E-state index contributed by atoms with van der Waals surface area (Å²) in [6.45, 7) is 6.19. The molecule has 0 spiro atoms. The number of hydrogen-bond acceptors (Lipinski definition) is 1. The number of Topliss-reactive ketones (excluding diaryl/α,β-unsaturated/α-hetero) is 1. The van der Waals surface area contributed by atoms with Gasteiger partial charge >= 0.3 is 0 Å². The summed E-state index contributed by atoms with van der Waals surface area (Å²) in [5.74, 6) is 0.280. The second kappa shape index (κ2) is 3.35. The van der Waals surface area contributed by atoms with Crippen LogP contribution in [0.3, 0.4) is 0 Å². The average molecular weight is 193 g/mol. The van der Waals surface area contributed by atoms with Crippen LogP contribution in [-0.4, -0.2) is 11.1 Å². The lowest BCUT2D eigenvalue weighted by molar-refractivity contribution is -0.118. The van der Waals surface area contributed by atoms with Crippen LogP contribution < -0.4 is 0 Å². The Balaban J connectivity index is 3.60. The molecule has 0 bridgehead atoms. The Labute approximate surface area is 65.0 Å². The maximum Gasteiger partial charge on any atom is 0.143 e. The molecule has 0 N–H and O–H groups in total. The summed E-state index contributed by atoms with van der Waals surface area (Å²) < 4.78 is 0. The molecule has 54 valence electrons. The van der Waals surface area contributed by atoms with E-state index in [1.807, 2.05) is 0 Å². The summed E-state index contributed by atoms with van der Waals surface area (Å²) in [5, 5.41) is 0.490. The van der Waals surface area contributed by atoms with Crippen LogP contribution in [-0.2, 0) is 4.79 Å². The van der Waals surface area contributed by atoms with Gasteiger partial charge in [-0.1, -0.05) is 36.7 Å². The highest BCUT2D eigenvalue weighted by Crippen LogP contribution is 2.18. The predicted octanol–water partition coefficient (Wildman–Crippen LogP) is 2.39. The highest BCUT2D eigenvalue weighted by Gasteiger charge is 2.14. The van der Waals surface area contributed by atoms with Gasteiger partial charge in [0.1, 0.15) is 5.78 Å². The van der Waals surface area contributed by atoms with Crippen molar-refractivity contribution in [3.05, 3.63) is 0 Å². The SMILES string of the molecule is CC(C)(C)CC(=O)CBr. The van der Waals surface area contributed by atoms with E-state index < -0.39 is 0 Å². The standard InChI is InChI=1S/C7H13BrO/c1-7(2,3)4-6(9)5-8/h4-5H2,1-3H3. The normalized spacial score (nSPS) is 11.6. The summed E-state index contributed by atoms with van der Waals surface area (Å²) in [6, 6.07) is 0. The van der Waals surface area contributed by atoms with Crippen molar-refractivity contribution in [3.63, 3.8) is 0 Å². The van der Waals surface area contributed by atoms with E-state index in [1.54, 1.807) is 0 Å². The molecule has 9 heavy (non-hydrogen) atoms. The fraction of sp³-hybridized carbons (Fsp3) is 0.857. The lowest BCUT2D eigenvalue weighted by Crippen LogP contribution is -2.13. The smallest absolute Gasteiger partial charge is 0.143 e. The van der Waals surface area contributed by atoms with E-state index in [0.29, 0.717) is 11.8 Å². The molecule has 0 radical (unpaired) electrons. The third-order valence-corrected chi connectivity index (χ3v) is 1.50. The van der Waals surface area contributed by atoms with E-state index >= 15 is 0 Å². The Hall–Kier alpha value is 0.150. The second-order valence-electron chi connectivity index (χ2n) is 3.41. The first-order valence-electron chi connectivity index (χ1n) is 3.03.